The lowest BCUT2D eigenvalue weighted by Gasteiger charge is -2.51. The van der Waals surface area contributed by atoms with Gasteiger partial charge in [-0.15, -0.1) is 0 Å². The van der Waals surface area contributed by atoms with E-state index in [1.807, 2.05) is 48.5 Å². The first-order valence-electron chi connectivity index (χ1n) is 13.9. The summed E-state index contributed by atoms with van der Waals surface area (Å²) in [5, 5.41) is 0. The molecular formula is C31H42O6. The first kappa shape index (κ1) is 26.8. The summed E-state index contributed by atoms with van der Waals surface area (Å²) < 4.78 is 38.5. The quantitative estimate of drug-likeness (QED) is 0.448. The molecule has 0 bridgehead atoms. The second-order valence-corrected chi connectivity index (χ2v) is 11.0. The second-order valence-electron chi connectivity index (χ2n) is 11.0. The van der Waals surface area contributed by atoms with Crippen molar-refractivity contribution in [2.24, 2.45) is 23.7 Å². The fraction of sp³-hybridized carbons (Fsp3) is 0.613. The molecule has 3 aliphatic heterocycles. The molecule has 2 aromatic rings. The first-order valence-corrected chi connectivity index (χ1v) is 13.9. The summed E-state index contributed by atoms with van der Waals surface area (Å²) in [5.41, 5.74) is 2.19. The fourth-order valence-electron chi connectivity index (χ4n) is 5.81. The van der Waals surface area contributed by atoms with Crippen LogP contribution in [0.3, 0.4) is 0 Å². The molecule has 0 aliphatic carbocycles. The Morgan fingerprint density at radius 3 is 2.14 bits per heavy atom. The predicted molar refractivity (Wildman–Crippen MR) is 140 cm³/mol. The van der Waals surface area contributed by atoms with Crippen LogP contribution in [0.25, 0.3) is 0 Å². The molecule has 3 saturated heterocycles. The lowest BCUT2D eigenvalue weighted by atomic mass is 9.82. The number of hydrogen-bond donors (Lipinski definition) is 0. The van der Waals surface area contributed by atoms with Crippen LogP contribution < -0.4 is 0 Å². The summed E-state index contributed by atoms with van der Waals surface area (Å²) in [5.74, 6) is 0.874. The van der Waals surface area contributed by atoms with E-state index < -0.39 is 0 Å². The maximum absolute atomic E-state index is 6.76. The van der Waals surface area contributed by atoms with E-state index in [-0.39, 0.29) is 67.0 Å². The van der Waals surface area contributed by atoms with Crippen LogP contribution in [0, 0.1) is 23.7 Å². The van der Waals surface area contributed by atoms with Gasteiger partial charge in [-0.3, -0.25) is 0 Å². The molecule has 0 saturated carbocycles. The zero-order valence-electron chi connectivity index (χ0n) is 22.7. The van der Waals surface area contributed by atoms with E-state index in [2.05, 4.69) is 46.8 Å². The van der Waals surface area contributed by atoms with Gasteiger partial charge in [-0.05, 0) is 23.8 Å². The molecule has 5 unspecified atom stereocenters. The van der Waals surface area contributed by atoms with Gasteiger partial charge in [0, 0.05) is 17.4 Å². The molecule has 0 aromatic heterocycles. The van der Waals surface area contributed by atoms with Crippen LogP contribution in [-0.2, 0) is 35.0 Å². The van der Waals surface area contributed by atoms with Crippen molar-refractivity contribution < 1.29 is 28.4 Å². The van der Waals surface area contributed by atoms with Gasteiger partial charge in [0.25, 0.3) is 0 Å². The molecule has 202 valence electrons. The zero-order chi connectivity index (χ0) is 25.9. The molecule has 3 aliphatic rings. The largest absolute Gasteiger partial charge is 0.348 e. The Hall–Kier alpha value is -1.80. The number of hydrogen-bond acceptors (Lipinski definition) is 6. The summed E-state index contributed by atoms with van der Waals surface area (Å²) in [7, 11) is 0. The third-order valence-electron chi connectivity index (χ3n) is 8.62. The molecular weight excluding hydrogens is 468 g/mol. The van der Waals surface area contributed by atoms with Crippen molar-refractivity contribution in [3.63, 3.8) is 0 Å². The van der Waals surface area contributed by atoms with Crippen LogP contribution in [0.2, 0.25) is 0 Å². The van der Waals surface area contributed by atoms with Gasteiger partial charge < -0.3 is 28.4 Å². The molecule has 6 heteroatoms. The fourth-order valence-corrected chi connectivity index (χ4v) is 5.81. The highest BCUT2D eigenvalue weighted by Gasteiger charge is 2.49. The van der Waals surface area contributed by atoms with Gasteiger partial charge in [-0.2, -0.15) is 0 Å². The second kappa shape index (κ2) is 11.9. The van der Waals surface area contributed by atoms with Crippen LogP contribution in [0.1, 0.15) is 58.5 Å². The van der Waals surface area contributed by atoms with Gasteiger partial charge in [0.1, 0.15) is 6.10 Å². The summed E-state index contributed by atoms with van der Waals surface area (Å²) in [4.78, 5) is 0. The zero-order valence-corrected chi connectivity index (χ0v) is 22.7. The lowest BCUT2D eigenvalue weighted by molar-refractivity contribution is -0.364. The molecule has 3 heterocycles. The van der Waals surface area contributed by atoms with Crippen LogP contribution in [-0.4, -0.2) is 43.6 Å². The SMILES string of the molecule is CCC1O[C@@H](OCc2ccccc2)C(C)[C@@H](C)[C@@H]1O[C@@H]1OC2COC(c3ccccc3)O[C@H]2[C@H](C)C1C. The summed E-state index contributed by atoms with van der Waals surface area (Å²) >= 11 is 0. The average Bonchev–Trinajstić information content (AvgIpc) is 2.94. The Bertz CT molecular complexity index is 966. The number of benzene rings is 2. The first-order chi connectivity index (χ1) is 18.0. The molecule has 3 fully saturated rings. The van der Waals surface area contributed by atoms with Crippen molar-refractivity contribution in [1.29, 1.82) is 0 Å². The van der Waals surface area contributed by atoms with Gasteiger partial charge >= 0.3 is 0 Å². The maximum atomic E-state index is 6.76. The van der Waals surface area contributed by atoms with Gasteiger partial charge in [0.2, 0.25) is 0 Å². The van der Waals surface area contributed by atoms with E-state index in [0.29, 0.717) is 13.2 Å². The highest BCUT2D eigenvalue weighted by atomic mass is 16.8. The third-order valence-corrected chi connectivity index (χ3v) is 8.62. The van der Waals surface area contributed by atoms with E-state index >= 15 is 0 Å². The highest BCUT2D eigenvalue weighted by molar-refractivity contribution is 5.16. The molecule has 6 nitrogen and oxygen atoms in total. The maximum Gasteiger partial charge on any atom is 0.184 e. The Morgan fingerprint density at radius 1 is 0.757 bits per heavy atom. The standard InChI is InChI=1S/C31H42O6/c1-6-25-27(19(2)21(4)29(34-25)32-17-23-13-9-7-10-14-23)36-30-22(5)20(3)28-26(35-30)18-33-31(37-28)24-15-11-8-12-16-24/h7-16,19-22,25-31H,6,17-18H2,1-5H3/t19-,20-,21?,22?,25?,26?,27+,28+,29-,30+,31?/m1/s1. The Balaban J connectivity index is 1.21. The number of ether oxygens (including phenoxy) is 6. The van der Waals surface area contributed by atoms with Crippen LogP contribution >= 0.6 is 0 Å². The number of rotatable bonds is 7. The van der Waals surface area contributed by atoms with Crippen molar-refractivity contribution in [2.45, 2.75) is 90.9 Å². The highest BCUT2D eigenvalue weighted by Crippen LogP contribution is 2.42. The van der Waals surface area contributed by atoms with Gasteiger partial charge in [0.15, 0.2) is 18.9 Å². The van der Waals surface area contributed by atoms with Crippen LogP contribution in [0.5, 0.6) is 0 Å². The Kier molecular flexibility index (Phi) is 8.64. The molecule has 0 radical (unpaired) electrons. The van der Waals surface area contributed by atoms with E-state index in [1.165, 1.54) is 0 Å². The van der Waals surface area contributed by atoms with Gasteiger partial charge in [-0.1, -0.05) is 95.3 Å². The topological polar surface area (TPSA) is 55.4 Å². The molecule has 0 spiro atoms. The van der Waals surface area contributed by atoms with E-state index in [9.17, 15) is 0 Å². The summed E-state index contributed by atoms with van der Waals surface area (Å²) in [6.07, 6.45) is -0.434. The van der Waals surface area contributed by atoms with Crippen molar-refractivity contribution in [3.05, 3.63) is 71.8 Å². The molecule has 0 amide bonds. The molecule has 0 N–H and O–H groups in total. The number of fused-ring (bicyclic) bond motifs is 1. The van der Waals surface area contributed by atoms with Crippen LogP contribution in [0.15, 0.2) is 60.7 Å². The van der Waals surface area contributed by atoms with Crippen molar-refractivity contribution >= 4 is 0 Å². The van der Waals surface area contributed by atoms with Gasteiger partial charge in [0.05, 0.1) is 31.5 Å². The minimum absolute atomic E-state index is 0.0366. The van der Waals surface area contributed by atoms with Gasteiger partial charge in [-0.25, -0.2) is 0 Å². The minimum atomic E-state index is -0.358. The van der Waals surface area contributed by atoms with E-state index in [0.717, 1.165) is 17.5 Å². The molecule has 2 aromatic carbocycles. The monoisotopic (exact) mass is 510 g/mol. The summed E-state index contributed by atoms with van der Waals surface area (Å²) in [6.45, 7) is 12.1. The molecule has 5 rings (SSSR count). The smallest absolute Gasteiger partial charge is 0.184 e. The molecule has 11 atom stereocenters. The molecule has 37 heavy (non-hydrogen) atoms. The third kappa shape index (κ3) is 5.80. The van der Waals surface area contributed by atoms with E-state index in [4.69, 9.17) is 28.4 Å². The lowest BCUT2D eigenvalue weighted by Crippen LogP contribution is -2.58. The van der Waals surface area contributed by atoms with E-state index in [1.54, 1.807) is 0 Å². The minimum Gasteiger partial charge on any atom is -0.348 e. The normalized spacial score (nSPS) is 40.2. The average molecular weight is 511 g/mol. The Morgan fingerprint density at radius 2 is 1.43 bits per heavy atom. The van der Waals surface area contributed by atoms with Crippen molar-refractivity contribution in [1.82, 2.24) is 0 Å². The van der Waals surface area contributed by atoms with Crippen LogP contribution in [0.4, 0.5) is 0 Å². The summed E-state index contributed by atoms with van der Waals surface area (Å²) in [6, 6.07) is 20.4. The van der Waals surface area contributed by atoms with Crippen molar-refractivity contribution in [3.8, 4) is 0 Å². The van der Waals surface area contributed by atoms with Crippen molar-refractivity contribution in [2.75, 3.05) is 6.61 Å². The predicted octanol–water partition coefficient (Wildman–Crippen LogP) is 6.11. The Labute approximate surface area is 221 Å².